The highest BCUT2D eigenvalue weighted by Crippen LogP contribution is 2.21. The number of nitro groups is 1. The standard InChI is InChI=1S/C13H16N4O3/c1-16-4-5-20-12(9-16)8-15-13-3-2-11(17(18)19)6-10(13)7-14/h2-3,6,12,15H,4-5,8-9H2,1H3. The van der Waals surface area contributed by atoms with Crippen molar-refractivity contribution in [2.24, 2.45) is 0 Å². The van der Waals surface area contributed by atoms with E-state index in [4.69, 9.17) is 10.00 Å². The molecule has 0 amide bonds. The number of benzene rings is 1. The lowest BCUT2D eigenvalue weighted by molar-refractivity contribution is -0.384. The fourth-order valence-electron chi connectivity index (χ4n) is 2.11. The minimum atomic E-state index is -0.510. The maximum atomic E-state index is 10.7. The number of non-ortho nitro benzene ring substituents is 1. The molecule has 2 rings (SSSR count). The van der Waals surface area contributed by atoms with Crippen molar-refractivity contribution in [2.45, 2.75) is 6.10 Å². The summed E-state index contributed by atoms with van der Waals surface area (Å²) in [5.74, 6) is 0. The van der Waals surface area contributed by atoms with Crippen LogP contribution in [0, 0.1) is 21.4 Å². The van der Waals surface area contributed by atoms with Crippen LogP contribution >= 0.6 is 0 Å². The Morgan fingerprint density at radius 2 is 2.45 bits per heavy atom. The third-order valence-corrected chi connectivity index (χ3v) is 3.20. The lowest BCUT2D eigenvalue weighted by Crippen LogP contribution is -2.43. The molecule has 1 aromatic carbocycles. The minimum absolute atomic E-state index is 0.0514. The zero-order valence-electron chi connectivity index (χ0n) is 11.2. The van der Waals surface area contributed by atoms with E-state index in [1.165, 1.54) is 12.1 Å². The fourth-order valence-corrected chi connectivity index (χ4v) is 2.11. The highest BCUT2D eigenvalue weighted by Gasteiger charge is 2.18. The van der Waals surface area contributed by atoms with Crippen LogP contribution in [0.3, 0.4) is 0 Å². The predicted molar refractivity (Wildman–Crippen MR) is 73.5 cm³/mol. The summed E-state index contributed by atoms with van der Waals surface area (Å²) < 4.78 is 5.61. The van der Waals surface area contributed by atoms with E-state index in [0.29, 0.717) is 18.8 Å². The number of nitro benzene ring substituents is 1. The summed E-state index contributed by atoms with van der Waals surface area (Å²) in [6.45, 7) is 2.99. The largest absolute Gasteiger partial charge is 0.381 e. The van der Waals surface area contributed by atoms with Gasteiger partial charge in [-0.2, -0.15) is 5.26 Å². The smallest absolute Gasteiger partial charge is 0.270 e. The molecule has 0 spiro atoms. The number of rotatable bonds is 4. The van der Waals surface area contributed by atoms with Crippen LogP contribution in [0.4, 0.5) is 11.4 Å². The third-order valence-electron chi connectivity index (χ3n) is 3.20. The molecule has 1 N–H and O–H groups in total. The first kappa shape index (κ1) is 14.2. The van der Waals surface area contributed by atoms with Crippen LogP contribution in [0.1, 0.15) is 5.56 Å². The number of morpholine rings is 1. The normalized spacial score (nSPS) is 19.3. The second-order valence-electron chi connectivity index (χ2n) is 4.73. The number of ether oxygens (including phenoxy) is 1. The maximum absolute atomic E-state index is 10.7. The zero-order chi connectivity index (χ0) is 14.5. The number of nitriles is 1. The van der Waals surface area contributed by atoms with Crippen molar-refractivity contribution < 1.29 is 9.66 Å². The highest BCUT2D eigenvalue weighted by molar-refractivity contribution is 5.61. The van der Waals surface area contributed by atoms with E-state index in [0.717, 1.165) is 13.1 Å². The van der Waals surface area contributed by atoms with Gasteiger partial charge in [0, 0.05) is 31.8 Å². The molecule has 20 heavy (non-hydrogen) atoms. The summed E-state index contributed by atoms with van der Waals surface area (Å²) in [5.41, 5.74) is 0.777. The molecule has 1 saturated heterocycles. The monoisotopic (exact) mass is 276 g/mol. The van der Waals surface area contributed by atoms with Gasteiger partial charge in [0.25, 0.3) is 5.69 Å². The number of nitrogens with one attached hydrogen (secondary N) is 1. The molecule has 0 saturated carbocycles. The van der Waals surface area contributed by atoms with Gasteiger partial charge in [0.1, 0.15) is 6.07 Å². The molecule has 0 aromatic heterocycles. The van der Waals surface area contributed by atoms with Crippen LogP contribution in [0.25, 0.3) is 0 Å². The summed E-state index contributed by atoms with van der Waals surface area (Å²) in [6, 6.07) is 6.19. The maximum Gasteiger partial charge on any atom is 0.270 e. The summed E-state index contributed by atoms with van der Waals surface area (Å²) in [5, 5.41) is 22.8. The van der Waals surface area contributed by atoms with Gasteiger partial charge in [-0.1, -0.05) is 0 Å². The second-order valence-corrected chi connectivity index (χ2v) is 4.73. The average molecular weight is 276 g/mol. The molecular weight excluding hydrogens is 260 g/mol. The molecule has 1 fully saturated rings. The van der Waals surface area contributed by atoms with E-state index in [2.05, 4.69) is 10.2 Å². The SMILES string of the molecule is CN1CCOC(CNc2ccc([N+](=O)[O-])cc2C#N)C1. The molecule has 7 nitrogen and oxygen atoms in total. The molecule has 0 radical (unpaired) electrons. The van der Waals surface area contributed by atoms with Crippen molar-refractivity contribution >= 4 is 11.4 Å². The lowest BCUT2D eigenvalue weighted by Gasteiger charge is -2.30. The first-order valence-electron chi connectivity index (χ1n) is 6.32. The first-order chi connectivity index (χ1) is 9.60. The number of likely N-dealkylation sites (N-methyl/N-ethyl adjacent to an activating group) is 1. The van der Waals surface area contributed by atoms with E-state index < -0.39 is 4.92 Å². The van der Waals surface area contributed by atoms with Crippen LogP contribution < -0.4 is 5.32 Å². The van der Waals surface area contributed by atoms with Crippen LogP contribution in [0.15, 0.2) is 18.2 Å². The van der Waals surface area contributed by atoms with Gasteiger partial charge in [-0.25, -0.2) is 0 Å². The van der Waals surface area contributed by atoms with Crippen molar-refractivity contribution in [1.82, 2.24) is 4.90 Å². The highest BCUT2D eigenvalue weighted by atomic mass is 16.6. The van der Waals surface area contributed by atoms with Gasteiger partial charge in [0.15, 0.2) is 0 Å². The van der Waals surface area contributed by atoms with Gasteiger partial charge in [0.05, 0.1) is 28.9 Å². The van der Waals surface area contributed by atoms with E-state index in [1.54, 1.807) is 6.07 Å². The van der Waals surface area contributed by atoms with Gasteiger partial charge >= 0.3 is 0 Å². The molecule has 106 valence electrons. The molecule has 0 aliphatic carbocycles. The number of anilines is 1. The minimum Gasteiger partial charge on any atom is -0.381 e. The van der Waals surface area contributed by atoms with Crippen molar-refractivity contribution in [3.8, 4) is 6.07 Å². The molecule has 0 bridgehead atoms. The molecule has 1 aliphatic heterocycles. The number of nitrogens with zero attached hydrogens (tertiary/aromatic N) is 3. The van der Waals surface area contributed by atoms with Gasteiger partial charge in [-0.05, 0) is 13.1 Å². The van der Waals surface area contributed by atoms with Crippen molar-refractivity contribution in [2.75, 3.05) is 38.6 Å². The molecular formula is C13H16N4O3. The molecule has 1 aliphatic rings. The van der Waals surface area contributed by atoms with E-state index in [-0.39, 0.29) is 17.4 Å². The first-order valence-corrected chi connectivity index (χ1v) is 6.32. The Balaban J connectivity index is 2.02. The summed E-state index contributed by atoms with van der Waals surface area (Å²) in [7, 11) is 2.03. The van der Waals surface area contributed by atoms with Crippen molar-refractivity contribution in [3.63, 3.8) is 0 Å². The Morgan fingerprint density at radius 1 is 1.65 bits per heavy atom. The predicted octanol–water partition coefficient (Wildman–Crippen LogP) is 1.21. The van der Waals surface area contributed by atoms with Crippen LogP contribution in [0.5, 0.6) is 0 Å². The van der Waals surface area contributed by atoms with Crippen molar-refractivity contribution in [1.29, 1.82) is 5.26 Å². The Hall–Kier alpha value is -2.17. The van der Waals surface area contributed by atoms with Crippen LogP contribution in [-0.4, -0.2) is 49.2 Å². The molecule has 7 heteroatoms. The number of hydrogen-bond acceptors (Lipinski definition) is 6. The summed E-state index contributed by atoms with van der Waals surface area (Å²) in [6.07, 6.45) is 0.0514. The topological polar surface area (TPSA) is 91.4 Å². The summed E-state index contributed by atoms with van der Waals surface area (Å²) >= 11 is 0. The van der Waals surface area contributed by atoms with Gasteiger partial charge < -0.3 is 15.0 Å². The Labute approximate surface area is 116 Å². The fraction of sp³-hybridized carbons (Fsp3) is 0.462. The molecule has 1 aromatic rings. The second kappa shape index (κ2) is 6.32. The molecule has 1 heterocycles. The average Bonchev–Trinajstić information content (AvgIpc) is 2.45. The van der Waals surface area contributed by atoms with Gasteiger partial charge in [-0.3, -0.25) is 10.1 Å². The quantitative estimate of drug-likeness (QED) is 0.656. The van der Waals surface area contributed by atoms with E-state index in [9.17, 15) is 10.1 Å². The Morgan fingerprint density at radius 3 is 3.10 bits per heavy atom. The van der Waals surface area contributed by atoms with E-state index >= 15 is 0 Å². The Kier molecular flexibility index (Phi) is 4.50. The van der Waals surface area contributed by atoms with Gasteiger partial charge in [-0.15, -0.1) is 0 Å². The van der Waals surface area contributed by atoms with Crippen molar-refractivity contribution in [3.05, 3.63) is 33.9 Å². The number of hydrogen-bond donors (Lipinski definition) is 1. The van der Waals surface area contributed by atoms with Crippen LogP contribution in [0.2, 0.25) is 0 Å². The lowest BCUT2D eigenvalue weighted by atomic mass is 10.1. The Bertz CT molecular complexity index is 541. The molecule has 1 atom stereocenters. The van der Waals surface area contributed by atoms with Crippen LogP contribution in [-0.2, 0) is 4.74 Å². The van der Waals surface area contributed by atoms with Gasteiger partial charge in [0.2, 0.25) is 0 Å². The zero-order valence-corrected chi connectivity index (χ0v) is 11.2. The van der Waals surface area contributed by atoms with E-state index in [1.807, 2.05) is 13.1 Å². The third kappa shape index (κ3) is 3.44. The molecule has 1 unspecified atom stereocenters. The summed E-state index contributed by atoms with van der Waals surface area (Å²) in [4.78, 5) is 12.3.